The first kappa shape index (κ1) is 18.7. The van der Waals surface area contributed by atoms with Crippen molar-refractivity contribution in [1.29, 1.82) is 0 Å². The number of aromatic nitrogens is 2. The first-order valence-corrected chi connectivity index (χ1v) is 9.03. The summed E-state index contributed by atoms with van der Waals surface area (Å²) in [5.74, 6) is 0.424. The van der Waals surface area contributed by atoms with Gasteiger partial charge in [-0.3, -0.25) is 4.79 Å². The Hall–Kier alpha value is -3.07. The summed E-state index contributed by atoms with van der Waals surface area (Å²) in [6, 6.07) is 8.60. The van der Waals surface area contributed by atoms with Crippen LogP contribution >= 0.6 is 11.3 Å². The molecule has 1 atom stereocenters. The molecule has 3 aromatic rings. The number of nitrogens with one attached hydrogen (secondary N) is 1. The average Bonchev–Trinajstić information content (AvgIpc) is 3.31. The van der Waals surface area contributed by atoms with Gasteiger partial charge in [-0.1, -0.05) is 6.07 Å². The third-order valence-electron chi connectivity index (χ3n) is 3.91. The maximum Gasteiger partial charge on any atom is 0.437 e. The molecular formula is C18H19N3O5S. The van der Waals surface area contributed by atoms with Gasteiger partial charge in [0.25, 0.3) is 5.89 Å². The van der Waals surface area contributed by atoms with E-state index in [4.69, 9.17) is 13.9 Å². The second kappa shape index (κ2) is 8.09. The first-order chi connectivity index (χ1) is 13.0. The molecule has 8 nitrogen and oxygen atoms in total. The van der Waals surface area contributed by atoms with Crippen molar-refractivity contribution in [2.75, 3.05) is 14.2 Å². The third kappa shape index (κ3) is 4.20. The van der Waals surface area contributed by atoms with E-state index in [0.717, 1.165) is 15.1 Å². The van der Waals surface area contributed by atoms with Crippen molar-refractivity contribution in [3.8, 4) is 22.3 Å². The topological polar surface area (TPSA) is 95.6 Å². The molecule has 0 spiro atoms. The molecule has 27 heavy (non-hydrogen) atoms. The van der Waals surface area contributed by atoms with E-state index in [2.05, 4.69) is 10.4 Å². The van der Waals surface area contributed by atoms with Gasteiger partial charge in [-0.05, 0) is 36.6 Å². The van der Waals surface area contributed by atoms with E-state index in [-0.39, 0.29) is 24.4 Å². The van der Waals surface area contributed by atoms with Crippen molar-refractivity contribution in [2.24, 2.45) is 0 Å². The molecular weight excluding hydrogens is 370 g/mol. The van der Waals surface area contributed by atoms with E-state index in [1.807, 2.05) is 18.4 Å². The zero-order valence-electron chi connectivity index (χ0n) is 15.1. The number of ether oxygens (including phenoxy) is 2. The summed E-state index contributed by atoms with van der Waals surface area (Å²) < 4.78 is 16.7. The summed E-state index contributed by atoms with van der Waals surface area (Å²) in [4.78, 5) is 25.0. The van der Waals surface area contributed by atoms with Crippen LogP contribution in [0.15, 0.2) is 44.9 Å². The number of methoxy groups -OCH3 is 2. The molecule has 0 saturated heterocycles. The van der Waals surface area contributed by atoms with Gasteiger partial charge < -0.3 is 19.2 Å². The number of carbonyl (C=O) groups is 1. The predicted molar refractivity (Wildman–Crippen MR) is 100 cm³/mol. The predicted octanol–water partition coefficient (Wildman–Crippen LogP) is 2.46. The van der Waals surface area contributed by atoms with Crippen LogP contribution in [0.4, 0.5) is 0 Å². The Balaban J connectivity index is 1.72. The van der Waals surface area contributed by atoms with Crippen LogP contribution in [0.5, 0.6) is 11.5 Å². The minimum Gasteiger partial charge on any atom is -0.497 e. The number of rotatable bonds is 7. The average molecular weight is 389 g/mol. The molecule has 1 N–H and O–H groups in total. The number of nitrogens with zero attached hydrogens (tertiary/aromatic N) is 2. The molecule has 0 aliphatic carbocycles. The van der Waals surface area contributed by atoms with Crippen LogP contribution in [-0.2, 0) is 11.3 Å². The molecule has 0 aliphatic heterocycles. The molecule has 0 unspecified atom stereocenters. The molecule has 1 aromatic carbocycles. The molecule has 9 heteroatoms. The lowest BCUT2D eigenvalue weighted by molar-refractivity contribution is -0.122. The van der Waals surface area contributed by atoms with Gasteiger partial charge in [0.15, 0.2) is 0 Å². The summed E-state index contributed by atoms with van der Waals surface area (Å²) in [5.41, 5.74) is 0.761. The quantitative estimate of drug-likeness (QED) is 0.667. The standard InChI is InChI=1S/C18H19N3O5S/c1-11(13-9-12(24-2)6-7-14(13)25-3)19-16(22)10-21-18(23)26-17(20-21)15-5-4-8-27-15/h4-9,11H,10H2,1-3H3,(H,19,22)/t11-/m1/s1. The molecule has 0 fully saturated rings. The molecule has 1 amide bonds. The van der Waals surface area contributed by atoms with E-state index in [9.17, 15) is 9.59 Å². The van der Waals surface area contributed by atoms with E-state index in [0.29, 0.717) is 11.5 Å². The lowest BCUT2D eigenvalue weighted by atomic mass is 10.1. The van der Waals surface area contributed by atoms with Crippen LogP contribution in [0, 0.1) is 0 Å². The fourth-order valence-electron chi connectivity index (χ4n) is 2.58. The fraction of sp³-hybridized carbons (Fsp3) is 0.278. The van der Waals surface area contributed by atoms with Crippen LogP contribution in [-0.4, -0.2) is 29.9 Å². The first-order valence-electron chi connectivity index (χ1n) is 8.15. The third-order valence-corrected chi connectivity index (χ3v) is 4.77. The largest absolute Gasteiger partial charge is 0.497 e. The summed E-state index contributed by atoms with van der Waals surface area (Å²) in [7, 11) is 3.12. The van der Waals surface area contributed by atoms with Crippen LogP contribution in [0.25, 0.3) is 10.8 Å². The van der Waals surface area contributed by atoms with Gasteiger partial charge in [0.2, 0.25) is 5.91 Å². The van der Waals surface area contributed by atoms with Gasteiger partial charge in [0, 0.05) is 5.56 Å². The van der Waals surface area contributed by atoms with E-state index in [1.165, 1.54) is 11.3 Å². The van der Waals surface area contributed by atoms with Gasteiger partial charge in [0.1, 0.15) is 18.0 Å². The highest BCUT2D eigenvalue weighted by atomic mass is 32.1. The SMILES string of the molecule is COc1ccc(OC)c([C@@H](C)NC(=O)Cn2nc(-c3cccs3)oc2=O)c1. The molecule has 0 saturated carbocycles. The minimum atomic E-state index is -0.680. The van der Waals surface area contributed by atoms with E-state index >= 15 is 0 Å². The Bertz CT molecular complexity index is 977. The summed E-state index contributed by atoms with van der Waals surface area (Å²) in [6.07, 6.45) is 0. The Morgan fingerprint density at radius 2 is 2.15 bits per heavy atom. The smallest absolute Gasteiger partial charge is 0.437 e. The highest BCUT2D eigenvalue weighted by Crippen LogP contribution is 2.29. The van der Waals surface area contributed by atoms with Crippen molar-refractivity contribution in [3.63, 3.8) is 0 Å². The maximum absolute atomic E-state index is 12.4. The molecule has 142 valence electrons. The van der Waals surface area contributed by atoms with Crippen molar-refractivity contribution < 1.29 is 18.7 Å². The summed E-state index contributed by atoms with van der Waals surface area (Å²) >= 11 is 1.40. The zero-order valence-corrected chi connectivity index (χ0v) is 15.9. The van der Waals surface area contributed by atoms with Gasteiger partial charge in [-0.25, -0.2) is 4.79 Å². The van der Waals surface area contributed by atoms with Crippen LogP contribution in [0.2, 0.25) is 0 Å². The molecule has 0 radical (unpaired) electrons. The lowest BCUT2D eigenvalue weighted by Gasteiger charge is -2.18. The van der Waals surface area contributed by atoms with Crippen molar-refractivity contribution in [2.45, 2.75) is 19.5 Å². The Morgan fingerprint density at radius 3 is 2.81 bits per heavy atom. The highest BCUT2D eigenvalue weighted by Gasteiger charge is 2.18. The lowest BCUT2D eigenvalue weighted by Crippen LogP contribution is -2.33. The monoisotopic (exact) mass is 389 g/mol. The number of carbonyl (C=O) groups excluding carboxylic acids is 1. The number of benzene rings is 1. The van der Waals surface area contributed by atoms with Crippen LogP contribution in [0.3, 0.4) is 0 Å². The second-order valence-corrected chi connectivity index (χ2v) is 6.65. The van der Waals surface area contributed by atoms with Gasteiger partial charge >= 0.3 is 5.76 Å². The van der Waals surface area contributed by atoms with E-state index in [1.54, 1.807) is 38.5 Å². The van der Waals surface area contributed by atoms with Crippen molar-refractivity contribution in [3.05, 3.63) is 51.8 Å². The Morgan fingerprint density at radius 1 is 1.33 bits per heavy atom. The minimum absolute atomic E-state index is 0.199. The number of hydrogen-bond donors (Lipinski definition) is 1. The Labute approximate surface area is 159 Å². The highest BCUT2D eigenvalue weighted by molar-refractivity contribution is 7.13. The molecule has 2 heterocycles. The number of amides is 1. The van der Waals surface area contributed by atoms with E-state index < -0.39 is 5.76 Å². The molecule has 0 aliphatic rings. The van der Waals surface area contributed by atoms with Crippen LogP contribution < -0.4 is 20.5 Å². The van der Waals surface area contributed by atoms with Gasteiger partial charge in [-0.2, -0.15) is 4.68 Å². The zero-order chi connectivity index (χ0) is 19.4. The number of hydrogen-bond acceptors (Lipinski definition) is 7. The number of thiophene rings is 1. The molecule has 2 aromatic heterocycles. The molecule has 0 bridgehead atoms. The second-order valence-electron chi connectivity index (χ2n) is 5.71. The van der Waals surface area contributed by atoms with Gasteiger partial charge in [0.05, 0.1) is 25.1 Å². The summed E-state index contributed by atoms with van der Waals surface area (Å²) in [5, 5.41) is 8.76. The van der Waals surface area contributed by atoms with Gasteiger partial charge in [-0.15, -0.1) is 16.4 Å². The summed E-state index contributed by atoms with van der Waals surface area (Å²) in [6.45, 7) is 1.57. The van der Waals surface area contributed by atoms with Crippen molar-refractivity contribution >= 4 is 17.2 Å². The fourth-order valence-corrected chi connectivity index (χ4v) is 3.23. The Kier molecular flexibility index (Phi) is 5.60. The molecule has 3 rings (SSSR count). The maximum atomic E-state index is 12.4. The van der Waals surface area contributed by atoms with Crippen LogP contribution in [0.1, 0.15) is 18.5 Å². The van der Waals surface area contributed by atoms with Crippen molar-refractivity contribution in [1.82, 2.24) is 15.1 Å². The normalized spacial score (nSPS) is 11.8.